The Morgan fingerprint density at radius 2 is 1.14 bits per heavy atom. The first-order chi connectivity index (χ1) is 43.2. The van der Waals surface area contributed by atoms with Gasteiger partial charge in [-0.15, -0.1) is 0 Å². The summed E-state index contributed by atoms with van der Waals surface area (Å²) in [6, 6.07) is -16.4. The number of hydrogen-bond donors (Lipinski definition) is 16. The molecule has 11 amide bonds. The van der Waals surface area contributed by atoms with Crippen LogP contribution in [0.3, 0.4) is 0 Å². The molecule has 0 aromatic rings. The van der Waals surface area contributed by atoms with Gasteiger partial charge < -0.3 is 94.2 Å². The molecule has 0 saturated carbocycles. The van der Waals surface area contributed by atoms with Crippen LogP contribution in [0.5, 0.6) is 0 Å². The van der Waals surface area contributed by atoms with Gasteiger partial charge in [0, 0.05) is 26.1 Å². The number of carboxylic acid groups (broad SMARTS) is 5. The number of nitrogens with zero attached hydrogens (tertiary/aromatic N) is 2. The molecule has 34 nitrogen and oxygen atoms in total. The summed E-state index contributed by atoms with van der Waals surface area (Å²) in [7, 11) is 0.901. The Labute approximate surface area is 568 Å². The molecular formula is C58H93CaN13O21+2. The number of unbranched alkanes of at least 4 members (excludes halogenated alkanes) is 3. The number of nitrogens with two attached hydrogens (primary N) is 1. The number of nitrogens with one attached hydrogen (secondary N) is 10. The van der Waals surface area contributed by atoms with E-state index in [4.69, 9.17) is 5.73 Å². The van der Waals surface area contributed by atoms with E-state index in [9.17, 15) is 102 Å². The fraction of sp³-hybridized carbons (Fsp3) is 0.690. The van der Waals surface area contributed by atoms with Crippen molar-refractivity contribution in [1.82, 2.24) is 63.0 Å². The molecule has 93 heavy (non-hydrogen) atoms. The smallest absolute Gasteiger partial charge is 0.481 e. The Bertz CT molecular complexity index is 2680. The summed E-state index contributed by atoms with van der Waals surface area (Å²) in [6.07, 6.45) is 6.86. The maximum absolute atomic E-state index is 14.1. The predicted molar refractivity (Wildman–Crippen MR) is 329 cm³/mol. The number of aliphatic carboxylic acids is 5. The largest absolute Gasteiger partial charge is 2.00 e. The molecule has 0 aromatic carbocycles. The topological polar surface area (TPSA) is 527 Å². The van der Waals surface area contributed by atoms with Crippen LogP contribution in [0.4, 0.5) is 0 Å². The molecule has 516 valence electrons. The van der Waals surface area contributed by atoms with Gasteiger partial charge >= 0.3 is 67.6 Å². The van der Waals surface area contributed by atoms with Gasteiger partial charge in [-0.05, 0) is 70.8 Å². The van der Waals surface area contributed by atoms with E-state index in [-0.39, 0.29) is 57.1 Å². The van der Waals surface area contributed by atoms with Crippen molar-refractivity contribution >= 4 is 133 Å². The van der Waals surface area contributed by atoms with Gasteiger partial charge in [0.15, 0.2) is 0 Å². The van der Waals surface area contributed by atoms with E-state index >= 15 is 0 Å². The van der Waals surface area contributed by atoms with Crippen LogP contribution in [0.2, 0.25) is 0 Å². The molecule has 2 aliphatic heterocycles. The number of hydrogen-bond acceptors (Lipinski definition) is 18. The number of rotatable bonds is 41. The number of carboxylic acids is 5. The molecule has 2 heterocycles. The van der Waals surface area contributed by atoms with Crippen molar-refractivity contribution in [3.8, 4) is 0 Å². The Kier molecular flexibility index (Phi) is 38.2. The minimum absolute atomic E-state index is 0. The molecule has 2 saturated heterocycles. The summed E-state index contributed by atoms with van der Waals surface area (Å²) >= 11 is 0. The van der Waals surface area contributed by atoms with Crippen LogP contribution in [0.1, 0.15) is 144 Å². The second-order valence-corrected chi connectivity index (χ2v) is 23.4. The van der Waals surface area contributed by atoms with Gasteiger partial charge in [0.25, 0.3) is 0 Å². The van der Waals surface area contributed by atoms with Crippen molar-refractivity contribution in [3.05, 3.63) is 12.2 Å². The van der Waals surface area contributed by atoms with Crippen molar-refractivity contribution in [2.24, 2.45) is 17.6 Å². The Morgan fingerprint density at radius 1 is 0.581 bits per heavy atom. The zero-order chi connectivity index (χ0) is 69.5. The Balaban J connectivity index is 0.0000432. The van der Waals surface area contributed by atoms with E-state index in [1.165, 1.54) is 24.8 Å². The number of amides is 11. The standard InChI is InChI=1S/C58H93N13O21.Ca/c1-8-31(4)18-13-11-9-10-12-14-21-40(72)65-37(26-45(79)80)56(89)70(7)39(27-46(81)82)54(87)66-36(25-44(77)78)51(84)61-28-41(73)64-35(24-43(75)76)50(83)62-29-42(74)67-48(32(5)59)55(88)68-47(30(2)3)57(90)71-23-17-20-38(71)53(86)69-49(58(91)92)33(6)63-52(85)34-19-15-16-22-60-34;/h12,14,30-39,47-49,60H,8-11,13,15-29,59H2,1-7H3,(H,61,84)(H,62,83)(H,63,85)(H,64,73)(H,65,72)(H,66,87)(H,67,74)(H,68,88)(H,69,86)(H,75,76)(H,77,78)(H,79,80)(H,81,82)(H,91,92);/q;+2/b14-12+;/t31?,32-,33+,34?,35+,36+,37+,38+,39+,47+,48-,49-;/m1./s1. The third-order valence-corrected chi connectivity index (χ3v) is 15.4. The molecule has 2 fully saturated rings. The van der Waals surface area contributed by atoms with Crippen LogP contribution in [-0.4, -0.2) is 268 Å². The van der Waals surface area contributed by atoms with Crippen molar-refractivity contribution in [2.45, 2.75) is 211 Å². The molecular weight excluding hydrogens is 1250 g/mol. The average molecular weight is 1350 g/mol. The van der Waals surface area contributed by atoms with Crippen molar-refractivity contribution in [2.75, 3.05) is 33.2 Å². The van der Waals surface area contributed by atoms with E-state index in [1.54, 1.807) is 19.9 Å². The minimum Gasteiger partial charge on any atom is -0.481 e. The summed E-state index contributed by atoms with van der Waals surface area (Å²) in [5, 5.41) is 71.7. The number of likely N-dealkylation sites (tertiary alicyclic amines) is 1. The van der Waals surface area contributed by atoms with Crippen LogP contribution in [-0.2, 0) is 76.7 Å². The average Bonchev–Trinajstić information content (AvgIpc) is 1.85. The molecule has 2 rings (SSSR count). The monoisotopic (exact) mass is 1350 g/mol. The molecule has 17 N–H and O–H groups in total. The Hall–Kier alpha value is -7.56. The first kappa shape index (κ1) is 83.5. The van der Waals surface area contributed by atoms with Crippen LogP contribution >= 0.6 is 0 Å². The molecule has 12 atom stereocenters. The van der Waals surface area contributed by atoms with E-state index in [1.807, 2.05) is 16.0 Å². The number of piperidine rings is 1. The summed E-state index contributed by atoms with van der Waals surface area (Å²) in [4.78, 5) is 209. The van der Waals surface area contributed by atoms with Crippen LogP contribution in [0, 0.1) is 11.8 Å². The molecule has 2 unspecified atom stereocenters. The van der Waals surface area contributed by atoms with Gasteiger partial charge in [-0.25, -0.2) is 4.79 Å². The second-order valence-electron chi connectivity index (χ2n) is 23.4. The molecule has 0 spiro atoms. The molecule has 2 aliphatic rings. The summed E-state index contributed by atoms with van der Waals surface area (Å²) in [6.45, 7) is 8.72. The summed E-state index contributed by atoms with van der Waals surface area (Å²) in [5.41, 5.74) is 6.07. The number of likely N-dealkylation sites (N-methyl/N-ethyl adjacent to an activating group) is 1. The van der Waals surface area contributed by atoms with Crippen LogP contribution in [0.15, 0.2) is 12.2 Å². The summed E-state index contributed by atoms with van der Waals surface area (Å²) < 4.78 is 0. The quantitative estimate of drug-likeness (QED) is 0.0158. The third-order valence-electron chi connectivity index (χ3n) is 15.4. The fourth-order valence-electron chi connectivity index (χ4n) is 9.94. The zero-order valence-corrected chi connectivity index (χ0v) is 56.0. The van der Waals surface area contributed by atoms with E-state index in [0.717, 1.165) is 52.0 Å². The molecule has 0 aromatic heterocycles. The fourth-order valence-corrected chi connectivity index (χ4v) is 9.94. The number of carbonyl (C=O) groups excluding carboxylic acids is 11. The van der Waals surface area contributed by atoms with Gasteiger partial charge in [0.2, 0.25) is 65.0 Å². The van der Waals surface area contributed by atoms with E-state index in [2.05, 4.69) is 51.1 Å². The van der Waals surface area contributed by atoms with Crippen molar-refractivity contribution < 1.29 is 102 Å². The van der Waals surface area contributed by atoms with Gasteiger partial charge in [-0.3, -0.25) is 71.9 Å². The van der Waals surface area contributed by atoms with Crippen molar-refractivity contribution in [3.63, 3.8) is 0 Å². The van der Waals surface area contributed by atoms with Crippen LogP contribution < -0.4 is 58.9 Å². The molecule has 35 heteroatoms. The maximum Gasteiger partial charge on any atom is 2.00 e. The normalized spacial score (nSPS) is 17.7. The molecule has 0 bridgehead atoms. The first-order valence-electron chi connectivity index (χ1n) is 30.6. The van der Waals surface area contributed by atoms with Gasteiger partial charge in [-0.1, -0.05) is 72.0 Å². The van der Waals surface area contributed by atoms with Gasteiger partial charge in [0.05, 0.1) is 50.9 Å². The predicted octanol–water partition coefficient (Wildman–Crippen LogP) is -3.86. The zero-order valence-electron chi connectivity index (χ0n) is 53.7. The maximum atomic E-state index is 14.1. The second kappa shape index (κ2) is 42.6. The van der Waals surface area contributed by atoms with Gasteiger partial charge in [0.1, 0.15) is 48.3 Å². The van der Waals surface area contributed by atoms with Crippen LogP contribution in [0.25, 0.3) is 0 Å². The van der Waals surface area contributed by atoms with Crippen molar-refractivity contribution in [1.29, 1.82) is 0 Å². The number of carbonyl (C=O) groups is 16. The first-order valence-corrected chi connectivity index (χ1v) is 30.6. The molecule has 0 aliphatic carbocycles. The van der Waals surface area contributed by atoms with E-state index in [0.29, 0.717) is 36.6 Å². The molecule has 0 radical (unpaired) electrons. The van der Waals surface area contributed by atoms with E-state index < -0.39 is 206 Å². The minimum atomic E-state index is -2.11. The van der Waals surface area contributed by atoms with Gasteiger partial charge in [-0.2, -0.15) is 0 Å². The summed E-state index contributed by atoms with van der Waals surface area (Å²) in [5.74, 6) is -19.6. The third kappa shape index (κ3) is 30.4. The SMILES string of the molecule is CCC(C)CCCCC/C=C/CC(=O)N[C@@H](CC(=O)O)C(=O)N(C)[C@@H](CC(=O)O)C(=O)N[C@@H](CC(=O)O)C(=O)NCC(=O)N[C@@H](CC(=O)O)C(=O)NCC(=O)N[C@@H](C(=O)N[C@H](C(=O)N1CCC[C@H]1C(=O)N[C@@H](C(=O)O)[C@H](C)NC(=O)C1CCCCN1)C(C)C)[C@@H](C)N.[Ca+2]. The number of allylic oxidation sites excluding steroid dienone is 1. The Morgan fingerprint density at radius 3 is 1.67 bits per heavy atom.